The molecule has 162 valence electrons. The zero-order chi connectivity index (χ0) is 21.9. The van der Waals surface area contributed by atoms with Gasteiger partial charge in [0.15, 0.2) is 5.65 Å². The van der Waals surface area contributed by atoms with Crippen LogP contribution in [0.4, 0.5) is 0 Å². The van der Waals surface area contributed by atoms with E-state index in [-0.39, 0.29) is 11.6 Å². The number of nitrogens with zero attached hydrogens (tertiary/aromatic N) is 3. The molecule has 3 aromatic rings. The second kappa shape index (κ2) is 7.32. The van der Waals surface area contributed by atoms with Gasteiger partial charge in [0, 0.05) is 22.9 Å². The number of hydrogen-bond donors (Lipinski definition) is 2. The summed E-state index contributed by atoms with van der Waals surface area (Å²) in [5, 5.41) is 5.70. The maximum atomic E-state index is 12.5. The Kier molecular flexibility index (Phi) is 4.72. The van der Waals surface area contributed by atoms with Crippen molar-refractivity contribution in [2.45, 2.75) is 71.3 Å². The maximum absolute atomic E-state index is 12.5. The molecule has 0 aliphatic heterocycles. The second-order valence-corrected chi connectivity index (χ2v) is 9.34. The Morgan fingerprint density at radius 1 is 1.23 bits per heavy atom. The molecule has 3 heterocycles. The third kappa shape index (κ3) is 3.66. The molecule has 0 saturated heterocycles. The van der Waals surface area contributed by atoms with E-state index in [2.05, 4.69) is 11.9 Å². The number of nitrogens with one attached hydrogen (secondary N) is 1. The van der Waals surface area contributed by atoms with Crippen molar-refractivity contribution in [3.8, 4) is 0 Å². The summed E-state index contributed by atoms with van der Waals surface area (Å²) in [4.78, 5) is 32.7. The van der Waals surface area contributed by atoms with Crippen molar-refractivity contribution in [2.75, 3.05) is 0 Å². The van der Waals surface area contributed by atoms with Gasteiger partial charge in [0.25, 0.3) is 5.56 Å². The highest BCUT2D eigenvalue weighted by molar-refractivity contribution is 6.06. The lowest BCUT2D eigenvalue weighted by molar-refractivity contribution is 0.100. The fourth-order valence-electron chi connectivity index (χ4n) is 4.68. The van der Waals surface area contributed by atoms with Crippen LogP contribution < -0.4 is 11.3 Å². The van der Waals surface area contributed by atoms with E-state index in [1.54, 1.807) is 0 Å². The lowest BCUT2D eigenvalue weighted by atomic mass is 10.0. The largest absolute Gasteiger partial charge is 0.366 e. The average molecular weight is 420 g/mol. The van der Waals surface area contributed by atoms with Crippen LogP contribution >= 0.6 is 0 Å². The molecule has 31 heavy (non-hydrogen) atoms. The first-order chi connectivity index (χ1) is 14.8. The molecule has 0 spiro atoms. The summed E-state index contributed by atoms with van der Waals surface area (Å²) in [7, 11) is 0. The van der Waals surface area contributed by atoms with Crippen LogP contribution in [-0.2, 0) is 12.8 Å². The van der Waals surface area contributed by atoms with Crippen molar-refractivity contribution in [1.29, 1.82) is 0 Å². The molecule has 2 saturated carbocycles. The Morgan fingerprint density at radius 3 is 2.58 bits per heavy atom. The van der Waals surface area contributed by atoms with E-state index in [0.29, 0.717) is 30.2 Å². The van der Waals surface area contributed by atoms with E-state index in [0.717, 1.165) is 52.1 Å². The van der Waals surface area contributed by atoms with Gasteiger partial charge in [-0.15, -0.1) is 0 Å². The molecule has 2 aliphatic rings. The molecular formula is C24H29N5O2. The van der Waals surface area contributed by atoms with Crippen molar-refractivity contribution in [3.05, 3.63) is 56.3 Å². The number of rotatable bonds is 7. The van der Waals surface area contributed by atoms with Crippen LogP contribution in [0.1, 0.15) is 83.1 Å². The molecule has 1 atom stereocenters. The smallest absolute Gasteiger partial charge is 0.251 e. The molecule has 3 N–H and O–H groups in total. The van der Waals surface area contributed by atoms with Gasteiger partial charge in [0.2, 0.25) is 5.91 Å². The molecule has 7 heteroatoms. The fraction of sp³-hybridized carbons (Fsp3) is 0.500. The van der Waals surface area contributed by atoms with Crippen LogP contribution in [0.2, 0.25) is 0 Å². The van der Waals surface area contributed by atoms with E-state index >= 15 is 0 Å². The molecule has 0 aromatic carbocycles. The molecule has 0 bridgehead atoms. The van der Waals surface area contributed by atoms with E-state index < -0.39 is 5.91 Å². The highest BCUT2D eigenvalue weighted by atomic mass is 16.1. The van der Waals surface area contributed by atoms with Gasteiger partial charge in [-0.2, -0.15) is 5.10 Å². The number of primary amides is 1. The average Bonchev–Trinajstić information content (AvgIpc) is 3.62. The molecule has 2 fully saturated rings. The number of amides is 1. The third-order valence-corrected chi connectivity index (χ3v) is 6.81. The predicted molar refractivity (Wildman–Crippen MR) is 119 cm³/mol. The zero-order valence-corrected chi connectivity index (χ0v) is 18.4. The highest BCUT2D eigenvalue weighted by Gasteiger charge is 2.34. The Morgan fingerprint density at radius 2 is 1.97 bits per heavy atom. The number of aromatic amines is 1. The number of aryl methyl sites for hydroxylation is 3. The minimum Gasteiger partial charge on any atom is -0.366 e. The molecular weight excluding hydrogens is 390 g/mol. The zero-order valence-electron chi connectivity index (χ0n) is 18.4. The van der Waals surface area contributed by atoms with E-state index in [1.807, 2.05) is 30.7 Å². The minimum atomic E-state index is -0.446. The van der Waals surface area contributed by atoms with Gasteiger partial charge in [0.05, 0.1) is 22.7 Å². The molecule has 7 nitrogen and oxygen atoms in total. The molecule has 2 aliphatic carbocycles. The maximum Gasteiger partial charge on any atom is 0.251 e. The quantitative estimate of drug-likeness (QED) is 0.611. The highest BCUT2D eigenvalue weighted by Crippen LogP contribution is 2.43. The summed E-state index contributed by atoms with van der Waals surface area (Å²) in [5.41, 5.74) is 11.3. The monoisotopic (exact) mass is 419 g/mol. The first-order valence-electron chi connectivity index (χ1n) is 11.2. The van der Waals surface area contributed by atoms with E-state index in [1.165, 1.54) is 12.8 Å². The van der Waals surface area contributed by atoms with Crippen molar-refractivity contribution < 1.29 is 4.79 Å². The summed E-state index contributed by atoms with van der Waals surface area (Å²) < 4.78 is 2.01. The number of H-pyrrole nitrogens is 1. The second-order valence-electron chi connectivity index (χ2n) is 9.34. The normalized spacial score (nSPS) is 17.3. The lowest BCUT2D eigenvalue weighted by Gasteiger charge is -2.12. The minimum absolute atomic E-state index is 0.0585. The first-order valence-corrected chi connectivity index (χ1v) is 11.2. The van der Waals surface area contributed by atoms with Gasteiger partial charge in [-0.25, -0.2) is 9.67 Å². The Balaban J connectivity index is 1.62. The van der Waals surface area contributed by atoms with Gasteiger partial charge in [0.1, 0.15) is 0 Å². The van der Waals surface area contributed by atoms with E-state index in [4.69, 9.17) is 15.8 Å². The molecule has 5 rings (SSSR count). The Labute approximate surface area is 181 Å². The summed E-state index contributed by atoms with van der Waals surface area (Å²) in [6.07, 6.45) is 5.70. The predicted octanol–water partition coefficient (Wildman–Crippen LogP) is 3.47. The lowest BCUT2D eigenvalue weighted by Crippen LogP contribution is -2.17. The molecule has 0 radical (unpaired) electrons. The Hall–Kier alpha value is -2.96. The first kappa shape index (κ1) is 20.0. The molecule has 1 amide bonds. The number of pyridine rings is 2. The van der Waals surface area contributed by atoms with Crippen molar-refractivity contribution in [2.24, 2.45) is 11.7 Å². The van der Waals surface area contributed by atoms with Crippen LogP contribution in [-0.4, -0.2) is 25.7 Å². The number of nitrogens with two attached hydrogens (primary N) is 1. The summed E-state index contributed by atoms with van der Waals surface area (Å²) in [6.45, 7) is 6.02. The summed E-state index contributed by atoms with van der Waals surface area (Å²) in [6, 6.07) is 4.08. The number of carbonyl (C=O) groups excluding carboxylic acids is 1. The standard InChI is InChI=1S/C24H29N5O2/c1-12-10-13(2)26-24(31)17(12)8-9-19-21-18(22(25)30)11-20(16-6-7-16)27-23(21)29(28-19)14(3)15-4-5-15/h10-11,14-16H,4-9H2,1-3H3,(H2,25,30)(H,26,31). The summed E-state index contributed by atoms with van der Waals surface area (Å²) in [5.74, 6) is 0.569. The van der Waals surface area contributed by atoms with Crippen LogP contribution in [0.15, 0.2) is 16.9 Å². The Bertz CT molecular complexity index is 1250. The van der Waals surface area contributed by atoms with Crippen molar-refractivity contribution >= 4 is 16.9 Å². The van der Waals surface area contributed by atoms with Gasteiger partial charge in [-0.3, -0.25) is 9.59 Å². The number of hydrogen-bond acceptors (Lipinski definition) is 4. The molecule has 3 aromatic heterocycles. The van der Waals surface area contributed by atoms with E-state index in [9.17, 15) is 9.59 Å². The van der Waals surface area contributed by atoms with Gasteiger partial charge in [-0.05, 0) is 82.9 Å². The SMILES string of the molecule is Cc1cc(C)c(CCc2nn(C(C)C3CC3)c3nc(C4CC4)cc(C(N)=O)c23)c(=O)[nH]1. The van der Waals surface area contributed by atoms with Gasteiger partial charge < -0.3 is 10.7 Å². The summed E-state index contributed by atoms with van der Waals surface area (Å²) >= 11 is 0. The van der Waals surface area contributed by atoms with Crippen LogP contribution in [0.3, 0.4) is 0 Å². The van der Waals surface area contributed by atoms with Gasteiger partial charge >= 0.3 is 0 Å². The number of aromatic nitrogens is 4. The fourth-order valence-corrected chi connectivity index (χ4v) is 4.68. The van der Waals surface area contributed by atoms with Crippen molar-refractivity contribution in [1.82, 2.24) is 19.7 Å². The van der Waals surface area contributed by atoms with Gasteiger partial charge in [-0.1, -0.05) is 0 Å². The van der Waals surface area contributed by atoms with Crippen LogP contribution in [0.25, 0.3) is 11.0 Å². The van der Waals surface area contributed by atoms with Crippen LogP contribution in [0.5, 0.6) is 0 Å². The number of fused-ring (bicyclic) bond motifs is 1. The number of carbonyl (C=O) groups is 1. The van der Waals surface area contributed by atoms with Crippen molar-refractivity contribution in [3.63, 3.8) is 0 Å². The van der Waals surface area contributed by atoms with Crippen LogP contribution in [0, 0.1) is 19.8 Å². The third-order valence-electron chi connectivity index (χ3n) is 6.81. The topological polar surface area (TPSA) is 107 Å². The molecule has 1 unspecified atom stereocenters.